The van der Waals surface area contributed by atoms with E-state index in [9.17, 15) is 14.4 Å². The number of unbranched alkanes of at least 4 members (excludes halogenated alkanes) is 15. The Morgan fingerprint density at radius 3 is 1.16 bits per heavy atom. The first kappa shape index (κ1) is 51.3. The molecule has 6 nitrogen and oxygen atoms in total. The number of hydrogen-bond acceptors (Lipinski definition) is 6. The van der Waals surface area contributed by atoms with Crippen LogP contribution in [0.25, 0.3) is 0 Å². The third-order valence-corrected chi connectivity index (χ3v) is 8.70. The van der Waals surface area contributed by atoms with Crippen LogP contribution in [0, 0.1) is 0 Å². The van der Waals surface area contributed by atoms with Crippen molar-refractivity contribution in [1.82, 2.24) is 0 Å². The Hall–Kier alpha value is -3.67. The summed E-state index contributed by atoms with van der Waals surface area (Å²) in [4.78, 5) is 37.6. The maximum Gasteiger partial charge on any atom is 0.306 e. The van der Waals surface area contributed by atoms with Crippen molar-refractivity contribution in [2.45, 2.75) is 181 Å². The molecule has 0 aliphatic rings. The van der Waals surface area contributed by atoms with E-state index in [1.165, 1.54) is 25.7 Å². The Morgan fingerprint density at radius 2 is 0.727 bits per heavy atom. The highest BCUT2D eigenvalue weighted by molar-refractivity contribution is 5.71. The molecule has 0 amide bonds. The van der Waals surface area contributed by atoms with Crippen LogP contribution in [0.2, 0.25) is 0 Å². The second-order valence-electron chi connectivity index (χ2n) is 14.0. The van der Waals surface area contributed by atoms with Crippen LogP contribution >= 0.6 is 0 Å². The van der Waals surface area contributed by atoms with Crippen LogP contribution in [0.1, 0.15) is 175 Å². The average Bonchev–Trinajstić information content (AvgIpc) is 3.18. The van der Waals surface area contributed by atoms with Crippen LogP contribution < -0.4 is 0 Å². The van der Waals surface area contributed by atoms with E-state index in [2.05, 4.69) is 57.2 Å². The zero-order valence-electron chi connectivity index (χ0n) is 35.1. The summed E-state index contributed by atoms with van der Waals surface area (Å²) in [6, 6.07) is 0. The van der Waals surface area contributed by atoms with E-state index in [0.29, 0.717) is 19.3 Å². The molecule has 0 radical (unpaired) electrons. The van der Waals surface area contributed by atoms with Gasteiger partial charge in [0.15, 0.2) is 6.10 Å². The average molecular weight is 763 g/mol. The third-order valence-electron chi connectivity index (χ3n) is 8.70. The van der Waals surface area contributed by atoms with Crippen molar-refractivity contribution in [3.63, 3.8) is 0 Å². The molecular weight excluding hydrogens is 685 g/mol. The van der Waals surface area contributed by atoms with Gasteiger partial charge in [-0.1, -0.05) is 176 Å². The summed E-state index contributed by atoms with van der Waals surface area (Å²) in [5.74, 6) is -0.990. The maximum absolute atomic E-state index is 12.7. The number of carbonyl (C=O) groups is 3. The standard InChI is InChI=1S/C49H78O6/c1-4-7-10-13-16-19-22-23-24-25-26-27-28-31-33-36-39-42-48(51)54-45-46(55-49(52)43-40-37-34-30-21-18-15-12-9-6-3)44-53-47(50)41-38-35-32-29-20-17-14-11-8-5-2/h7,10,13-19,22-28,46H,4-6,8-9,11-12,20-21,29-45H2,1-3H3/b10-7-,16-13-,17-14-,18-15-,22-19-,24-23-,26-25+,28-27-. The van der Waals surface area contributed by atoms with Crippen LogP contribution in [0.5, 0.6) is 0 Å². The molecule has 0 rings (SSSR count). The van der Waals surface area contributed by atoms with Crippen molar-refractivity contribution in [1.29, 1.82) is 0 Å². The Labute approximate surface area is 337 Å². The number of carbonyl (C=O) groups excluding carboxylic acids is 3. The lowest BCUT2D eigenvalue weighted by atomic mass is 10.1. The molecule has 0 aromatic rings. The normalized spacial score (nSPS) is 13.0. The zero-order valence-corrected chi connectivity index (χ0v) is 35.1. The third kappa shape index (κ3) is 41.3. The summed E-state index contributed by atoms with van der Waals surface area (Å²) in [6.07, 6.45) is 55.3. The second kappa shape index (κ2) is 43.1. The molecule has 1 unspecified atom stereocenters. The van der Waals surface area contributed by atoms with Crippen molar-refractivity contribution in [3.05, 3.63) is 97.2 Å². The summed E-state index contributed by atoms with van der Waals surface area (Å²) < 4.78 is 16.6. The lowest BCUT2D eigenvalue weighted by Crippen LogP contribution is -2.30. The molecule has 1 atom stereocenters. The van der Waals surface area contributed by atoms with Gasteiger partial charge in [-0.2, -0.15) is 0 Å². The molecule has 0 saturated carbocycles. The van der Waals surface area contributed by atoms with Gasteiger partial charge < -0.3 is 14.2 Å². The Kier molecular flexibility index (Phi) is 40.2. The molecule has 0 aromatic carbocycles. The van der Waals surface area contributed by atoms with E-state index in [1.54, 1.807) is 0 Å². The SMILES string of the molecule is CC\C=C/C=C\C=C/C=C\C=C\C=C/CCCCCC(=O)OCC(COC(=O)CCCCCC/C=C\CCCC)OC(=O)CCCCCC/C=C\CCCC. The highest BCUT2D eigenvalue weighted by Crippen LogP contribution is 2.12. The molecule has 0 aliphatic heterocycles. The molecule has 55 heavy (non-hydrogen) atoms. The minimum atomic E-state index is -0.804. The minimum Gasteiger partial charge on any atom is -0.462 e. The summed E-state index contributed by atoms with van der Waals surface area (Å²) in [5.41, 5.74) is 0. The van der Waals surface area contributed by atoms with E-state index >= 15 is 0 Å². The van der Waals surface area contributed by atoms with Gasteiger partial charge in [0.1, 0.15) is 13.2 Å². The molecule has 0 aliphatic carbocycles. The van der Waals surface area contributed by atoms with Gasteiger partial charge in [0.2, 0.25) is 0 Å². The van der Waals surface area contributed by atoms with Gasteiger partial charge in [0, 0.05) is 19.3 Å². The Balaban J connectivity index is 4.50. The van der Waals surface area contributed by atoms with Crippen molar-refractivity contribution in [2.75, 3.05) is 13.2 Å². The van der Waals surface area contributed by atoms with Crippen molar-refractivity contribution in [3.8, 4) is 0 Å². The topological polar surface area (TPSA) is 78.9 Å². The lowest BCUT2D eigenvalue weighted by Gasteiger charge is -2.18. The lowest BCUT2D eigenvalue weighted by molar-refractivity contribution is -0.167. The monoisotopic (exact) mass is 763 g/mol. The molecule has 6 heteroatoms. The van der Waals surface area contributed by atoms with Gasteiger partial charge in [-0.3, -0.25) is 14.4 Å². The van der Waals surface area contributed by atoms with Crippen molar-refractivity contribution >= 4 is 17.9 Å². The molecule has 310 valence electrons. The van der Waals surface area contributed by atoms with Gasteiger partial charge in [-0.05, 0) is 77.0 Å². The van der Waals surface area contributed by atoms with Crippen molar-refractivity contribution in [2.24, 2.45) is 0 Å². The second-order valence-corrected chi connectivity index (χ2v) is 14.0. The van der Waals surface area contributed by atoms with Crippen LogP contribution in [0.15, 0.2) is 97.2 Å². The number of ether oxygens (including phenoxy) is 3. The molecule has 0 saturated heterocycles. The predicted molar refractivity (Wildman–Crippen MR) is 233 cm³/mol. The molecular formula is C49H78O6. The summed E-state index contributed by atoms with van der Waals surface area (Å²) in [5, 5.41) is 0. The van der Waals surface area contributed by atoms with E-state index in [0.717, 1.165) is 109 Å². The van der Waals surface area contributed by atoms with Crippen LogP contribution in [-0.4, -0.2) is 37.2 Å². The summed E-state index contributed by atoms with van der Waals surface area (Å²) in [7, 11) is 0. The van der Waals surface area contributed by atoms with Crippen molar-refractivity contribution < 1.29 is 28.6 Å². The number of allylic oxidation sites excluding steroid dienone is 16. The van der Waals surface area contributed by atoms with E-state index in [-0.39, 0.29) is 31.1 Å². The highest BCUT2D eigenvalue weighted by atomic mass is 16.6. The Morgan fingerprint density at radius 1 is 0.382 bits per heavy atom. The first-order valence-corrected chi connectivity index (χ1v) is 21.8. The fourth-order valence-electron chi connectivity index (χ4n) is 5.37. The predicted octanol–water partition coefficient (Wildman–Crippen LogP) is 13.9. The first-order chi connectivity index (χ1) is 27.0. The quantitative estimate of drug-likeness (QED) is 0.0206. The van der Waals surface area contributed by atoms with Gasteiger partial charge >= 0.3 is 17.9 Å². The zero-order chi connectivity index (χ0) is 40.1. The summed E-state index contributed by atoms with van der Waals surface area (Å²) >= 11 is 0. The first-order valence-electron chi connectivity index (χ1n) is 21.8. The summed E-state index contributed by atoms with van der Waals surface area (Å²) in [6.45, 7) is 6.31. The maximum atomic E-state index is 12.7. The Bertz CT molecular complexity index is 1150. The van der Waals surface area contributed by atoms with Gasteiger partial charge in [0.25, 0.3) is 0 Å². The van der Waals surface area contributed by atoms with Gasteiger partial charge in [-0.25, -0.2) is 0 Å². The largest absolute Gasteiger partial charge is 0.462 e. The minimum absolute atomic E-state index is 0.105. The fraction of sp³-hybridized carbons (Fsp3) is 0.612. The van der Waals surface area contributed by atoms with E-state index in [1.807, 2.05) is 60.8 Å². The van der Waals surface area contributed by atoms with E-state index < -0.39 is 6.10 Å². The number of esters is 3. The molecule has 0 N–H and O–H groups in total. The fourth-order valence-corrected chi connectivity index (χ4v) is 5.37. The smallest absolute Gasteiger partial charge is 0.306 e. The van der Waals surface area contributed by atoms with Crippen LogP contribution in [-0.2, 0) is 28.6 Å². The molecule has 0 aromatic heterocycles. The van der Waals surface area contributed by atoms with Crippen LogP contribution in [0.4, 0.5) is 0 Å². The van der Waals surface area contributed by atoms with Gasteiger partial charge in [0.05, 0.1) is 0 Å². The highest BCUT2D eigenvalue weighted by Gasteiger charge is 2.19. The van der Waals surface area contributed by atoms with Gasteiger partial charge in [-0.15, -0.1) is 0 Å². The molecule has 0 spiro atoms. The molecule has 0 heterocycles. The van der Waals surface area contributed by atoms with E-state index in [4.69, 9.17) is 14.2 Å². The van der Waals surface area contributed by atoms with Crippen LogP contribution in [0.3, 0.4) is 0 Å². The number of rotatable bonds is 37. The molecule has 0 bridgehead atoms. The number of hydrogen-bond donors (Lipinski definition) is 0. The molecule has 0 fully saturated rings.